The van der Waals surface area contributed by atoms with Crippen LogP contribution in [0, 0.1) is 11.6 Å². The number of carbonyl (C=O) groups excluding carboxylic acids is 1. The normalized spacial score (nSPS) is 15.6. The summed E-state index contributed by atoms with van der Waals surface area (Å²) in [6, 6.07) is 6.62. The van der Waals surface area contributed by atoms with E-state index in [9.17, 15) is 22.0 Å². The fourth-order valence-corrected chi connectivity index (χ4v) is 4.78. The molecule has 0 saturated carbocycles. The minimum Gasteiger partial charge on any atom is -0.496 e. The second-order valence-electron chi connectivity index (χ2n) is 6.76. The molecule has 0 spiro atoms. The summed E-state index contributed by atoms with van der Waals surface area (Å²) in [6.45, 7) is 0.842. The maximum absolute atomic E-state index is 13.9. The van der Waals surface area contributed by atoms with Crippen LogP contribution < -0.4 is 10.1 Å². The summed E-state index contributed by atoms with van der Waals surface area (Å²) in [5, 5.41) is 2.27. The number of rotatable bonds is 5. The van der Waals surface area contributed by atoms with E-state index in [2.05, 4.69) is 5.32 Å². The second kappa shape index (κ2) is 8.87. The van der Waals surface area contributed by atoms with Gasteiger partial charge in [-0.15, -0.1) is 0 Å². The van der Waals surface area contributed by atoms with Crippen LogP contribution in [-0.4, -0.2) is 38.8 Å². The third-order valence-corrected chi connectivity index (χ3v) is 6.69. The van der Waals surface area contributed by atoms with Gasteiger partial charge in [-0.2, -0.15) is 4.31 Å². The molecule has 1 aliphatic heterocycles. The quantitative estimate of drug-likeness (QED) is 0.792. The number of ether oxygens (including phenoxy) is 1. The first kappa shape index (κ1) is 21.2. The summed E-state index contributed by atoms with van der Waals surface area (Å²) in [5.41, 5.74) is -0.440. The van der Waals surface area contributed by atoms with E-state index in [-0.39, 0.29) is 21.9 Å². The maximum Gasteiger partial charge on any atom is 0.259 e. The molecule has 0 unspecified atom stereocenters. The molecule has 0 atom stereocenters. The molecular weight excluding hydrogens is 402 g/mol. The van der Waals surface area contributed by atoms with Crippen LogP contribution in [0.5, 0.6) is 5.75 Å². The fraction of sp³-hybridized carbons (Fsp3) is 0.350. The lowest BCUT2D eigenvalue weighted by atomic mass is 10.1. The second-order valence-corrected chi connectivity index (χ2v) is 8.70. The number of methoxy groups -OCH3 is 1. The number of hydrogen-bond acceptors (Lipinski definition) is 4. The lowest BCUT2D eigenvalue weighted by Gasteiger charge is -2.20. The number of nitrogens with one attached hydrogen (secondary N) is 1. The number of halogens is 2. The molecule has 2 aromatic rings. The van der Waals surface area contributed by atoms with Crippen molar-refractivity contribution in [3.05, 3.63) is 53.6 Å². The number of benzene rings is 2. The zero-order valence-corrected chi connectivity index (χ0v) is 16.8. The molecule has 0 aliphatic carbocycles. The van der Waals surface area contributed by atoms with E-state index in [4.69, 9.17) is 4.74 Å². The van der Waals surface area contributed by atoms with Gasteiger partial charge in [-0.05, 0) is 43.2 Å². The van der Waals surface area contributed by atoms with E-state index in [1.54, 1.807) is 0 Å². The van der Waals surface area contributed by atoms with Gasteiger partial charge in [-0.3, -0.25) is 4.79 Å². The summed E-state index contributed by atoms with van der Waals surface area (Å²) < 4.78 is 59.8. The Bertz CT molecular complexity index is 1000. The van der Waals surface area contributed by atoms with Crippen LogP contribution in [0.1, 0.15) is 36.0 Å². The largest absolute Gasteiger partial charge is 0.496 e. The van der Waals surface area contributed by atoms with Gasteiger partial charge in [0.2, 0.25) is 10.0 Å². The molecule has 0 bridgehead atoms. The van der Waals surface area contributed by atoms with Gasteiger partial charge in [0.25, 0.3) is 5.91 Å². The molecule has 1 fully saturated rings. The number of amides is 1. The van der Waals surface area contributed by atoms with Crippen molar-refractivity contribution >= 4 is 21.6 Å². The third-order valence-electron chi connectivity index (χ3n) is 4.79. The first-order chi connectivity index (χ1) is 13.8. The smallest absolute Gasteiger partial charge is 0.259 e. The Morgan fingerprint density at radius 3 is 2.38 bits per heavy atom. The molecule has 6 nitrogen and oxygen atoms in total. The molecule has 3 rings (SSSR count). The standard InChI is InChI=1S/C20H22F2N2O4S/c1-28-19-9-7-15(29(26,27)24-10-4-2-3-5-11-24)13-16(19)20(25)23-18-12-14(21)6-8-17(18)22/h6-9,12-13H,2-5,10-11H2,1H3,(H,23,25). The van der Waals surface area contributed by atoms with Gasteiger partial charge in [-0.1, -0.05) is 12.8 Å². The van der Waals surface area contributed by atoms with Crippen LogP contribution in [-0.2, 0) is 10.0 Å². The molecular formula is C20H22F2N2O4S. The van der Waals surface area contributed by atoms with Gasteiger partial charge in [0, 0.05) is 19.2 Å². The van der Waals surface area contributed by atoms with Crippen molar-refractivity contribution < 1.29 is 26.7 Å². The molecule has 156 valence electrons. The monoisotopic (exact) mass is 424 g/mol. The number of anilines is 1. The van der Waals surface area contributed by atoms with E-state index in [1.807, 2.05) is 0 Å². The first-order valence-electron chi connectivity index (χ1n) is 9.27. The Morgan fingerprint density at radius 1 is 1.03 bits per heavy atom. The van der Waals surface area contributed by atoms with Crippen molar-refractivity contribution in [2.24, 2.45) is 0 Å². The summed E-state index contributed by atoms with van der Waals surface area (Å²) >= 11 is 0. The number of carbonyl (C=O) groups is 1. The molecule has 1 aliphatic rings. The summed E-state index contributed by atoms with van der Waals surface area (Å²) in [5.74, 6) is -2.22. The van der Waals surface area contributed by atoms with Crippen molar-refractivity contribution in [2.45, 2.75) is 30.6 Å². The summed E-state index contributed by atoms with van der Waals surface area (Å²) in [7, 11) is -2.46. The van der Waals surface area contributed by atoms with E-state index in [0.717, 1.165) is 43.9 Å². The molecule has 0 aromatic heterocycles. The minimum atomic E-state index is -3.79. The van der Waals surface area contributed by atoms with E-state index in [0.29, 0.717) is 13.1 Å². The van der Waals surface area contributed by atoms with Crippen molar-refractivity contribution in [3.8, 4) is 5.75 Å². The Kier molecular flexibility index (Phi) is 6.49. The third kappa shape index (κ3) is 4.73. The first-order valence-corrected chi connectivity index (χ1v) is 10.7. The SMILES string of the molecule is COc1ccc(S(=O)(=O)N2CCCCCC2)cc1C(=O)Nc1cc(F)ccc1F. The molecule has 1 N–H and O–H groups in total. The van der Waals surface area contributed by atoms with Gasteiger partial charge in [-0.25, -0.2) is 17.2 Å². The Labute approximate surface area is 168 Å². The van der Waals surface area contributed by atoms with Crippen LogP contribution in [0.3, 0.4) is 0 Å². The fourth-order valence-electron chi connectivity index (χ4n) is 3.24. The zero-order chi connectivity index (χ0) is 21.0. The number of sulfonamides is 1. The Morgan fingerprint density at radius 2 is 1.72 bits per heavy atom. The Balaban J connectivity index is 1.94. The number of nitrogens with zero attached hydrogens (tertiary/aromatic N) is 1. The van der Waals surface area contributed by atoms with Crippen LogP contribution in [0.25, 0.3) is 0 Å². The molecule has 1 saturated heterocycles. The van der Waals surface area contributed by atoms with Crippen molar-refractivity contribution in [2.75, 3.05) is 25.5 Å². The van der Waals surface area contributed by atoms with E-state index < -0.39 is 27.6 Å². The topological polar surface area (TPSA) is 75.7 Å². The van der Waals surface area contributed by atoms with E-state index >= 15 is 0 Å². The average molecular weight is 424 g/mol. The molecule has 1 heterocycles. The number of hydrogen-bond donors (Lipinski definition) is 1. The molecule has 29 heavy (non-hydrogen) atoms. The highest BCUT2D eigenvalue weighted by molar-refractivity contribution is 7.89. The Hall–Kier alpha value is -2.52. The maximum atomic E-state index is 13.9. The van der Waals surface area contributed by atoms with Crippen LogP contribution >= 0.6 is 0 Å². The minimum absolute atomic E-state index is 0.0509. The van der Waals surface area contributed by atoms with Crippen molar-refractivity contribution in [1.29, 1.82) is 0 Å². The predicted molar refractivity (Wildman–Crippen MR) is 105 cm³/mol. The van der Waals surface area contributed by atoms with Crippen molar-refractivity contribution in [3.63, 3.8) is 0 Å². The molecule has 9 heteroatoms. The van der Waals surface area contributed by atoms with Crippen molar-refractivity contribution in [1.82, 2.24) is 4.31 Å². The molecule has 1 amide bonds. The lowest BCUT2D eigenvalue weighted by Crippen LogP contribution is -2.32. The average Bonchev–Trinajstić information content (AvgIpc) is 3.00. The lowest BCUT2D eigenvalue weighted by molar-refractivity contribution is 0.102. The van der Waals surface area contributed by atoms with Gasteiger partial charge in [0.15, 0.2) is 0 Å². The molecule has 2 aromatic carbocycles. The van der Waals surface area contributed by atoms with Crippen LogP contribution in [0.4, 0.5) is 14.5 Å². The van der Waals surface area contributed by atoms with Crippen LogP contribution in [0.15, 0.2) is 41.3 Å². The summed E-state index contributed by atoms with van der Waals surface area (Å²) in [6.07, 6.45) is 3.51. The summed E-state index contributed by atoms with van der Waals surface area (Å²) in [4.78, 5) is 12.6. The zero-order valence-electron chi connectivity index (χ0n) is 16.0. The van der Waals surface area contributed by atoms with E-state index in [1.165, 1.54) is 29.6 Å². The highest BCUT2D eigenvalue weighted by atomic mass is 32.2. The van der Waals surface area contributed by atoms with Gasteiger partial charge >= 0.3 is 0 Å². The highest BCUT2D eigenvalue weighted by Gasteiger charge is 2.27. The predicted octanol–water partition coefficient (Wildman–Crippen LogP) is 3.79. The molecule has 0 radical (unpaired) electrons. The highest BCUT2D eigenvalue weighted by Crippen LogP contribution is 2.27. The van der Waals surface area contributed by atoms with Gasteiger partial charge in [0.05, 0.1) is 23.3 Å². The van der Waals surface area contributed by atoms with Crippen LogP contribution in [0.2, 0.25) is 0 Å². The van der Waals surface area contributed by atoms with Gasteiger partial charge < -0.3 is 10.1 Å². The van der Waals surface area contributed by atoms with Gasteiger partial charge in [0.1, 0.15) is 17.4 Å².